The number of amides is 2. The van der Waals surface area contributed by atoms with E-state index in [-0.39, 0.29) is 37.8 Å². The number of β-amino-alcohol motifs (C(OH)–C–C–N with tert-alkyl or cyclic N) is 1. The normalized spacial score (nSPS) is 27.0. The molecule has 0 spiro atoms. The van der Waals surface area contributed by atoms with Crippen LogP contribution in [-0.4, -0.2) is 132 Å². The predicted molar refractivity (Wildman–Crippen MR) is 133 cm³/mol. The molecule has 0 bridgehead atoms. The van der Waals surface area contributed by atoms with Gasteiger partial charge in [-0.25, -0.2) is 0 Å². The zero-order valence-electron chi connectivity index (χ0n) is 21.6. The molecular formula is C25H47N3O8. The van der Waals surface area contributed by atoms with Gasteiger partial charge in [0, 0.05) is 58.8 Å². The van der Waals surface area contributed by atoms with E-state index in [4.69, 9.17) is 9.47 Å². The summed E-state index contributed by atoms with van der Waals surface area (Å²) in [6.45, 7) is 4.15. The highest BCUT2D eigenvalue weighted by molar-refractivity contribution is 5.83. The molecule has 2 aliphatic rings. The fourth-order valence-electron chi connectivity index (χ4n) is 4.58. The largest absolute Gasteiger partial charge is 0.394 e. The maximum atomic E-state index is 12.9. The molecule has 2 saturated heterocycles. The van der Waals surface area contributed by atoms with E-state index < -0.39 is 31.0 Å². The van der Waals surface area contributed by atoms with Gasteiger partial charge in [0.15, 0.2) is 0 Å². The summed E-state index contributed by atoms with van der Waals surface area (Å²) >= 11 is 0. The van der Waals surface area contributed by atoms with E-state index in [2.05, 4.69) is 10.2 Å². The average Bonchev–Trinajstić information content (AvgIpc) is 3.15. The molecule has 0 unspecified atom stereocenters. The summed E-state index contributed by atoms with van der Waals surface area (Å²) in [6.07, 6.45) is 1.37. The highest BCUT2D eigenvalue weighted by atomic mass is 16.5. The molecule has 0 aromatic heterocycles. The Morgan fingerprint density at radius 3 is 2.33 bits per heavy atom. The van der Waals surface area contributed by atoms with Gasteiger partial charge >= 0.3 is 0 Å². The van der Waals surface area contributed by atoms with Crippen molar-refractivity contribution in [3.8, 4) is 0 Å². The topological polar surface area (TPSA) is 152 Å². The summed E-state index contributed by atoms with van der Waals surface area (Å²) in [5, 5.41) is 43.5. The van der Waals surface area contributed by atoms with E-state index in [9.17, 15) is 30.0 Å². The number of hydrogen-bond acceptors (Lipinski definition) is 9. The molecule has 2 rings (SSSR count). The first kappa shape index (κ1) is 30.9. The number of nitrogens with zero attached hydrogens (tertiary/aromatic N) is 2. The lowest BCUT2D eigenvalue weighted by Crippen LogP contribution is -2.52. The third kappa shape index (κ3) is 11.8. The Balaban J connectivity index is 1.86. The number of aliphatic hydroxyl groups is 4. The molecule has 5 N–H and O–H groups in total. The molecule has 0 aliphatic carbocycles. The molecule has 2 heterocycles. The molecule has 210 valence electrons. The smallest absolute Gasteiger partial charge is 0.223 e. The van der Waals surface area contributed by atoms with Crippen molar-refractivity contribution in [2.45, 2.75) is 82.2 Å². The van der Waals surface area contributed by atoms with Gasteiger partial charge in [-0.1, -0.05) is 12.8 Å². The van der Waals surface area contributed by atoms with Gasteiger partial charge in [0.05, 0.1) is 6.61 Å². The first-order valence-corrected chi connectivity index (χ1v) is 13.5. The number of ether oxygens (including phenoxy) is 2. The Hall–Kier alpha value is -1.34. The first-order valence-electron chi connectivity index (χ1n) is 13.5. The van der Waals surface area contributed by atoms with Crippen molar-refractivity contribution < 1.29 is 39.5 Å². The van der Waals surface area contributed by atoms with Crippen molar-refractivity contribution >= 4 is 11.8 Å². The van der Waals surface area contributed by atoms with Crippen LogP contribution in [0.3, 0.4) is 0 Å². The van der Waals surface area contributed by atoms with E-state index in [0.29, 0.717) is 39.1 Å². The van der Waals surface area contributed by atoms with Gasteiger partial charge in [-0.3, -0.25) is 9.59 Å². The van der Waals surface area contributed by atoms with Crippen LogP contribution in [0.5, 0.6) is 0 Å². The fourth-order valence-corrected chi connectivity index (χ4v) is 4.58. The van der Waals surface area contributed by atoms with Crippen molar-refractivity contribution in [3.63, 3.8) is 0 Å². The highest BCUT2D eigenvalue weighted by Crippen LogP contribution is 2.14. The van der Waals surface area contributed by atoms with Crippen LogP contribution >= 0.6 is 0 Å². The standard InChI is InChI=1S/C25H47N3O8/c29-19-21(31)25-24(34)20(30)18-28(13-7-16-35-15-5-6-17-36-25)23(33)9-8-22(32)26-10-14-27-11-3-1-2-4-12-27/h20-21,24-25,29-31,34H,1-19H2,(H,26,32)/t20-,21-,24-,25-/m1/s1. The van der Waals surface area contributed by atoms with Crippen molar-refractivity contribution in [2.24, 2.45) is 0 Å². The van der Waals surface area contributed by atoms with E-state index in [1.54, 1.807) is 0 Å². The van der Waals surface area contributed by atoms with Crippen LogP contribution in [0, 0.1) is 0 Å². The lowest BCUT2D eigenvalue weighted by atomic mass is 10.0. The summed E-state index contributed by atoms with van der Waals surface area (Å²) in [5.74, 6) is -0.500. The molecule has 11 heteroatoms. The monoisotopic (exact) mass is 517 g/mol. The van der Waals surface area contributed by atoms with E-state index in [1.807, 2.05) is 0 Å². The summed E-state index contributed by atoms with van der Waals surface area (Å²) in [7, 11) is 0. The second-order valence-electron chi connectivity index (χ2n) is 9.76. The van der Waals surface area contributed by atoms with E-state index >= 15 is 0 Å². The highest BCUT2D eigenvalue weighted by Gasteiger charge is 2.34. The maximum Gasteiger partial charge on any atom is 0.223 e. The van der Waals surface area contributed by atoms with Crippen LogP contribution in [0.15, 0.2) is 0 Å². The zero-order valence-corrected chi connectivity index (χ0v) is 21.6. The third-order valence-electron chi connectivity index (χ3n) is 6.78. The molecule has 2 aliphatic heterocycles. The average molecular weight is 518 g/mol. The summed E-state index contributed by atoms with van der Waals surface area (Å²) in [6, 6.07) is 0. The molecular weight excluding hydrogens is 470 g/mol. The van der Waals surface area contributed by atoms with Crippen LogP contribution in [-0.2, 0) is 19.1 Å². The molecule has 36 heavy (non-hydrogen) atoms. The fraction of sp³-hybridized carbons (Fsp3) is 0.920. The first-order chi connectivity index (χ1) is 17.4. The number of carbonyl (C=O) groups is 2. The second kappa shape index (κ2) is 18.0. The van der Waals surface area contributed by atoms with Gasteiger partial charge in [-0.05, 0) is 45.2 Å². The van der Waals surface area contributed by atoms with Crippen molar-refractivity contribution in [1.82, 2.24) is 15.1 Å². The molecule has 0 aromatic rings. The number of rotatable bonds is 8. The molecule has 4 atom stereocenters. The number of hydrogen-bond donors (Lipinski definition) is 5. The molecule has 0 saturated carbocycles. The van der Waals surface area contributed by atoms with Crippen LogP contribution < -0.4 is 5.32 Å². The SMILES string of the molecule is O=C(CCC(=O)N1CCCOCCCCO[C@H]([C@H](O)CO)[C@H](O)[C@H](O)C1)NCCN1CCCCCC1. The van der Waals surface area contributed by atoms with Gasteiger partial charge in [0.2, 0.25) is 11.8 Å². The van der Waals surface area contributed by atoms with Crippen molar-refractivity contribution in [3.05, 3.63) is 0 Å². The Morgan fingerprint density at radius 1 is 0.917 bits per heavy atom. The molecule has 2 fully saturated rings. The van der Waals surface area contributed by atoms with Gasteiger partial charge in [0.25, 0.3) is 0 Å². The lowest BCUT2D eigenvalue weighted by Gasteiger charge is -2.33. The van der Waals surface area contributed by atoms with Crippen LogP contribution in [0.25, 0.3) is 0 Å². The number of likely N-dealkylation sites (tertiary alicyclic amines) is 1. The summed E-state index contributed by atoms with van der Waals surface area (Å²) < 4.78 is 11.1. The van der Waals surface area contributed by atoms with Crippen LogP contribution in [0.2, 0.25) is 0 Å². The third-order valence-corrected chi connectivity index (χ3v) is 6.78. The predicted octanol–water partition coefficient (Wildman–Crippen LogP) is -0.752. The summed E-state index contributed by atoms with van der Waals surface area (Å²) in [5.41, 5.74) is 0. The Kier molecular flexibility index (Phi) is 15.4. The van der Waals surface area contributed by atoms with Gasteiger partial charge in [-0.2, -0.15) is 0 Å². The van der Waals surface area contributed by atoms with Crippen molar-refractivity contribution in [1.29, 1.82) is 0 Å². The Labute approximate surface area is 214 Å². The van der Waals surface area contributed by atoms with Crippen LogP contribution in [0.4, 0.5) is 0 Å². The quantitative estimate of drug-likeness (QED) is 0.280. The minimum Gasteiger partial charge on any atom is -0.394 e. The Bertz CT molecular complexity index is 618. The molecule has 2 amide bonds. The van der Waals surface area contributed by atoms with Crippen LogP contribution in [0.1, 0.15) is 57.8 Å². The minimum atomic E-state index is -1.50. The molecule has 0 aromatic carbocycles. The van der Waals surface area contributed by atoms with Crippen molar-refractivity contribution in [2.75, 3.05) is 65.7 Å². The summed E-state index contributed by atoms with van der Waals surface area (Å²) in [4.78, 5) is 29.0. The second-order valence-corrected chi connectivity index (χ2v) is 9.76. The molecule has 0 radical (unpaired) electrons. The van der Waals surface area contributed by atoms with Gasteiger partial charge < -0.3 is 45.0 Å². The molecule has 11 nitrogen and oxygen atoms in total. The van der Waals surface area contributed by atoms with Gasteiger partial charge in [0.1, 0.15) is 24.4 Å². The van der Waals surface area contributed by atoms with E-state index in [1.165, 1.54) is 30.6 Å². The number of carbonyl (C=O) groups excluding carboxylic acids is 2. The number of nitrogens with one attached hydrogen (secondary N) is 1. The van der Waals surface area contributed by atoms with Gasteiger partial charge in [-0.15, -0.1) is 0 Å². The Morgan fingerprint density at radius 2 is 1.61 bits per heavy atom. The zero-order chi connectivity index (χ0) is 26.2. The number of aliphatic hydroxyl groups excluding tert-OH is 4. The maximum absolute atomic E-state index is 12.9. The lowest BCUT2D eigenvalue weighted by molar-refractivity contribution is -0.152. The van der Waals surface area contributed by atoms with E-state index in [0.717, 1.165) is 26.1 Å². The minimum absolute atomic E-state index is 0.0155.